The van der Waals surface area contributed by atoms with E-state index < -0.39 is 0 Å². The summed E-state index contributed by atoms with van der Waals surface area (Å²) in [6.07, 6.45) is 0.399. The molecule has 0 spiro atoms. The first kappa shape index (κ1) is 18.7. The zero-order valence-electron chi connectivity index (χ0n) is 14.7. The van der Waals surface area contributed by atoms with Crippen LogP contribution in [0.3, 0.4) is 0 Å². The molecule has 0 heterocycles. The van der Waals surface area contributed by atoms with E-state index in [9.17, 15) is 9.59 Å². The normalized spacial score (nSPS) is 10.5. The van der Waals surface area contributed by atoms with E-state index >= 15 is 0 Å². The quantitative estimate of drug-likeness (QED) is 0.712. The maximum absolute atomic E-state index is 12.0. The Bertz CT molecular complexity index is 684. The van der Waals surface area contributed by atoms with Gasteiger partial charge in [-0.3, -0.25) is 9.59 Å². The van der Waals surface area contributed by atoms with Crippen molar-refractivity contribution in [2.45, 2.75) is 13.3 Å². The molecule has 0 aliphatic heterocycles. The molecule has 2 aromatic rings. The van der Waals surface area contributed by atoms with Crippen molar-refractivity contribution in [2.24, 2.45) is 0 Å². The molecule has 0 bridgehead atoms. The van der Waals surface area contributed by atoms with Crippen LogP contribution in [0, 0.1) is 0 Å². The zero-order chi connectivity index (χ0) is 18.1. The Labute approximate surface area is 148 Å². The number of likely N-dealkylation sites (N-methyl/N-ethyl adjacent to an activating group) is 1. The van der Waals surface area contributed by atoms with Gasteiger partial charge in [-0.1, -0.05) is 18.2 Å². The molecule has 2 aromatic carbocycles. The lowest BCUT2D eigenvalue weighted by Gasteiger charge is -2.16. The fraction of sp³-hybridized carbons (Fsp3) is 0.300. The first-order chi connectivity index (χ1) is 12.0. The Morgan fingerprint density at radius 1 is 1.00 bits per heavy atom. The molecule has 0 atom stereocenters. The maximum Gasteiger partial charge on any atom is 0.225 e. The summed E-state index contributed by atoms with van der Waals surface area (Å²) in [7, 11) is 1.96. The van der Waals surface area contributed by atoms with Crippen molar-refractivity contribution in [2.75, 3.05) is 32.1 Å². The number of benzene rings is 2. The van der Waals surface area contributed by atoms with Gasteiger partial charge in [0.15, 0.2) is 5.78 Å². The summed E-state index contributed by atoms with van der Waals surface area (Å²) >= 11 is 0. The molecule has 0 unspecified atom stereocenters. The van der Waals surface area contributed by atoms with Gasteiger partial charge in [-0.05, 0) is 50.4 Å². The van der Waals surface area contributed by atoms with E-state index in [1.807, 2.05) is 37.4 Å². The summed E-state index contributed by atoms with van der Waals surface area (Å²) in [6.45, 7) is 3.49. The molecule has 25 heavy (non-hydrogen) atoms. The molecular formula is C20H24N2O3. The summed E-state index contributed by atoms with van der Waals surface area (Å²) in [4.78, 5) is 25.3. The van der Waals surface area contributed by atoms with Crippen molar-refractivity contribution in [1.29, 1.82) is 0 Å². The molecule has 1 N–H and O–H groups in total. The van der Waals surface area contributed by atoms with Gasteiger partial charge >= 0.3 is 0 Å². The molecule has 5 heteroatoms. The van der Waals surface area contributed by atoms with Crippen LogP contribution in [0.1, 0.15) is 23.7 Å². The summed E-state index contributed by atoms with van der Waals surface area (Å²) < 4.78 is 5.64. The molecule has 0 saturated heterocycles. The molecule has 5 nitrogen and oxygen atoms in total. The molecule has 1 amide bonds. The lowest BCUT2D eigenvalue weighted by Crippen LogP contribution is -2.28. The second-order valence-electron chi connectivity index (χ2n) is 5.90. The van der Waals surface area contributed by atoms with Crippen molar-refractivity contribution in [3.63, 3.8) is 0 Å². The third-order valence-electron chi connectivity index (χ3n) is 3.78. The topological polar surface area (TPSA) is 58.6 Å². The second kappa shape index (κ2) is 9.59. The third-order valence-corrected chi connectivity index (χ3v) is 3.78. The molecule has 0 aromatic heterocycles. The van der Waals surface area contributed by atoms with E-state index in [0.29, 0.717) is 30.8 Å². The van der Waals surface area contributed by atoms with Crippen molar-refractivity contribution < 1.29 is 14.3 Å². The number of ether oxygens (including phenoxy) is 1. The number of hydrogen-bond donors (Lipinski definition) is 1. The molecule has 0 saturated carbocycles. The number of hydrogen-bond acceptors (Lipinski definition) is 4. The predicted molar refractivity (Wildman–Crippen MR) is 99.1 cm³/mol. The summed E-state index contributed by atoms with van der Waals surface area (Å²) in [5, 5.41) is 2.84. The monoisotopic (exact) mass is 340 g/mol. The lowest BCUT2D eigenvalue weighted by atomic mass is 10.1. The van der Waals surface area contributed by atoms with Gasteiger partial charge in [-0.2, -0.15) is 0 Å². The summed E-state index contributed by atoms with van der Waals surface area (Å²) in [5.41, 5.74) is 1.33. The third kappa shape index (κ3) is 6.77. The number of carbonyl (C=O) groups excluding carboxylic acids is 2. The van der Waals surface area contributed by atoms with Crippen molar-refractivity contribution >= 4 is 17.4 Å². The van der Waals surface area contributed by atoms with Crippen molar-refractivity contribution in [1.82, 2.24) is 4.90 Å². The van der Waals surface area contributed by atoms with Crippen LogP contribution in [-0.4, -0.2) is 43.3 Å². The van der Waals surface area contributed by atoms with Crippen molar-refractivity contribution in [3.8, 4) is 5.75 Å². The fourth-order valence-electron chi connectivity index (χ4n) is 2.25. The Morgan fingerprint density at radius 3 is 2.32 bits per heavy atom. The minimum Gasteiger partial charge on any atom is -0.492 e. The molecule has 0 aliphatic carbocycles. The van der Waals surface area contributed by atoms with Crippen LogP contribution in [0.4, 0.5) is 5.69 Å². The van der Waals surface area contributed by atoms with Crippen LogP contribution in [-0.2, 0) is 4.79 Å². The largest absolute Gasteiger partial charge is 0.492 e. The minimum absolute atomic E-state index is 0.0113. The number of rotatable bonds is 9. The molecule has 0 radical (unpaired) electrons. The fourth-order valence-corrected chi connectivity index (χ4v) is 2.25. The number of carbonyl (C=O) groups is 2. The summed E-state index contributed by atoms with van der Waals surface area (Å²) in [6, 6.07) is 16.6. The van der Waals surface area contributed by atoms with Gasteiger partial charge in [0.05, 0.1) is 0 Å². The Morgan fingerprint density at radius 2 is 1.68 bits per heavy atom. The molecule has 132 valence electrons. The van der Waals surface area contributed by atoms with Gasteiger partial charge in [0.25, 0.3) is 0 Å². The van der Waals surface area contributed by atoms with Gasteiger partial charge < -0.3 is 15.0 Å². The number of para-hydroxylation sites is 1. The van der Waals surface area contributed by atoms with Gasteiger partial charge in [-0.15, -0.1) is 0 Å². The zero-order valence-corrected chi connectivity index (χ0v) is 14.7. The van der Waals surface area contributed by atoms with Crippen LogP contribution >= 0.6 is 0 Å². The SMILES string of the molecule is CC(=O)c1ccc(NC(=O)CCN(C)CCOc2ccccc2)cc1. The molecule has 0 aliphatic rings. The van der Waals surface area contributed by atoms with E-state index in [1.54, 1.807) is 24.3 Å². The van der Waals surface area contributed by atoms with E-state index in [1.165, 1.54) is 6.92 Å². The van der Waals surface area contributed by atoms with Crippen molar-refractivity contribution in [3.05, 3.63) is 60.2 Å². The number of nitrogens with one attached hydrogen (secondary N) is 1. The van der Waals surface area contributed by atoms with Gasteiger partial charge in [0.2, 0.25) is 5.91 Å². The van der Waals surface area contributed by atoms with Crippen LogP contribution in [0.2, 0.25) is 0 Å². The number of anilines is 1. The smallest absolute Gasteiger partial charge is 0.225 e. The number of ketones is 1. The lowest BCUT2D eigenvalue weighted by molar-refractivity contribution is -0.116. The van der Waals surface area contributed by atoms with Crippen LogP contribution < -0.4 is 10.1 Å². The van der Waals surface area contributed by atoms with E-state index in [4.69, 9.17) is 4.74 Å². The highest BCUT2D eigenvalue weighted by molar-refractivity contribution is 5.95. The summed E-state index contributed by atoms with van der Waals surface area (Å²) in [5.74, 6) is 0.811. The average molecular weight is 340 g/mol. The number of nitrogens with zero attached hydrogens (tertiary/aromatic N) is 1. The second-order valence-corrected chi connectivity index (χ2v) is 5.90. The van der Waals surface area contributed by atoms with Gasteiger partial charge in [-0.25, -0.2) is 0 Å². The Kier molecular flexibility index (Phi) is 7.16. The van der Waals surface area contributed by atoms with E-state index in [-0.39, 0.29) is 11.7 Å². The Hall–Kier alpha value is -2.66. The average Bonchev–Trinajstić information content (AvgIpc) is 2.61. The maximum atomic E-state index is 12.0. The highest BCUT2D eigenvalue weighted by Gasteiger charge is 2.06. The van der Waals surface area contributed by atoms with Crippen LogP contribution in [0.5, 0.6) is 5.75 Å². The number of Topliss-reactive ketones (excluding diaryl/α,β-unsaturated/α-hetero) is 1. The first-order valence-corrected chi connectivity index (χ1v) is 8.32. The Balaban J connectivity index is 1.66. The van der Waals surface area contributed by atoms with Gasteiger partial charge in [0.1, 0.15) is 12.4 Å². The highest BCUT2D eigenvalue weighted by atomic mass is 16.5. The van der Waals surface area contributed by atoms with Crippen LogP contribution in [0.25, 0.3) is 0 Å². The van der Waals surface area contributed by atoms with E-state index in [2.05, 4.69) is 10.2 Å². The highest BCUT2D eigenvalue weighted by Crippen LogP contribution is 2.11. The van der Waals surface area contributed by atoms with Crippen LogP contribution in [0.15, 0.2) is 54.6 Å². The number of amides is 1. The van der Waals surface area contributed by atoms with E-state index in [0.717, 1.165) is 12.3 Å². The molecule has 2 rings (SSSR count). The predicted octanol–water partition coefficient (Wildman–Crippen LogP) is 3.23. The van der Waals surface area contributed by atoms with Gasteiger partial charge in [0, 0.05) is 30.8 Å². The first-order valence-electron chi connectivity index (χ1n) is 8.32. The standard InChI is InChI=1S/C20H24N2O3/c1-16(23)17-8-10-18(11-9-17)21-20(24)12-13-22(2)14-15-25-19-6-4-3-5-7-19/h3-11H,12-15H2,1-2H3,(H,21,24). The molecular weight excluding hydrogens is 316 g/mol. The molecule has 0 fully saturated rings. The minimum atomic E-state index is -0.0496.